The first-order chi connectivity index (χ1) is 6.31. The van der Waals surface area contributed by atoms with Gasteiger partial charge in [-0.25, -0.2) is 0 Å². The summed E-state index contributed by atoms with van der Waals surface area (Å²) in [6.07, 6.45) is 2.01. The monoisotopic (exact) mass is 198 g/mol. The Kier molecular flexibility index (Phi) is 3.92. The predicted molar refractivity (Wildman–Crippen MR) is 57.2 cm³/mol. The molecule has 0 spiro atoms. The minimum atomic E-state index is 0.683. The van der Waals surface area contributed by atoms with E-state index in [0.29, 0.717) is 6.61 Å². The minimum Gasteiger partial charge on any atom is -0.493 e. The van der Waals surface area contributed by atoms with Gasteiger partial charge in [0, 0.05) is 5.69 Å². The number of hydrogen-bond donors (Lipinski definition) is 2. The van der Waals surface area contributed by atoms with Crippen molar-refractivity contribution >= 4 is 17.4 Å². The molecule has 13 heavy (non-hydrogen) atoms. The van der Waals surface area contributed by atoms with Crippen LogP contribution in [0.4, 0.5) is 5.69 Å². The lowest BCUT2D eigenvalue weighted by molar-refractivity contribution is 0.332. The molecule has 0 atom stereocenters. The first kappa shape index (κ1) is 10.2. The summed E-state index contributed by atoms with van der Waals surface area (Å²) < 4.78 is 5.44. The summed E-state index contributed by atoms with van der Waals surface area (Å²) in [6, 6.07) is 5.78. The van der Waals surface area contributed by atoms with Gasteiger partial charge in [-0.05, 0) is 31.4 Å². The molecule has 0 aliphatic heterocycles. The summed E-state index contributed by atoms with van der Waals surface area (Å²) in [5, 5.41) is 0. The average molecular weight is 198 g/mol. The van der Waals surface area contributed by atoms with Crippen molar-refractivity contribution in [2.75, 3.05) is 18.3 Å². The Morgan fingerprint density at radius 1 is 1.54 bits per heavy atom. The fourth-order valence-corrected chi connectivity index (χ4v) is 1.61. The summed E-state index contributed by atoms with van der Waals surface area (Å²) in [5.74, 6) is 6.21. The molecule has 3 N–H and O–H groups in total. The van der Waals surface area contributed by atoms with Gasteiger partial charge >= 0.3 is 0 Å². The maximum atomic E-state index is 5.44. The maximum Gasteiger partial charge on any atom is 0.132 e. The van der Waals surface area contributed by atoms with Gasteiger partial charge in [0.25, 0.3) is 0 Å². The molecular formula is C9H14N2OS. The van der Waals surface area contributed by atoms with E-state index in [1.807, 2.05) is 31.4 Å². The van der Waals surface area contributed by atoms with Crippen molar-refractivity contribution < 1.29 is 4.74 Å². The van der Waals surface area contributed by atoms with E-state index in [1.165, 1.54) is 0 Å². The number of nitrogens with two attached hydrogens (primary N) is 1. The molecule has 0 saturated heterocycles. The molecule has 0 fully saturated rings. The number of hydrazine groups is 1. The molecule has 0 saturated carbocycles. The fourth-order valence-electron chi connectivity index (χ4n) is 1.03. The van der Waals surface area contributed by atoms with Crippen LogP contribution in [0.5, 0.6) is 5.75 Å². The number of rotatable bonds is 4. The summed E-state index contributed by atoms with van der Waals surface area (Å²) in [4.78, 5) is 1.09. The molecule has 0 aliphatic rings. The van der Waals surface area contributed by atoms with Gasteiger partial charge < -0.3 is 10.2 Å². The van der Waals surface area contributed by atoms with Crippen LogP contribution >= 0.6 is 11.8 Å². The van der Waals surface area contributed by atoms with Crippen molar-refractivity contribution in [3.8, 4) is 5.75 Å². The Morgan fingerprint density at radius 3 is 2.85 bits per heavy atom. The standard InChI is InChI=1S/C9H14N2OS/c1-3-12-8-5-4-7(11-10)6-9(8)13-2/h4-6,11H,3,10H2,1-2H3. The van der Waals surface area contributed by atoms with Gasteiger partial charge in [-0.3, -0.25) is 5.84 Å². The van der Waals surface area contributed by atoms with E-state index in [-0.39, 0.29) is 0 Å². The van der Waals surface area contributed by atoms with Gasteiger partial charge in [0.05, 0.1) is 11.5 Å². The molecule has 0 heterocycles. The summed E-state index contributed by atoms with van der Waals surface area (Å²) in [5.41, 5.74) is 3.50. The average Bonchev–Trinajstić information content (AvgIpc) is 2.19. The number of anilines is 1. The van der Waals surface area contributed by atoms with E-state index in [0.717, 1.165) is 16.3 Å². The molecule has 4 heteroatoms. The first-order valence-corrected chi connectivity index (χ1v) is 5.31. The lowest BCUT2D eigenvalue weighted by Gasteiger charge is -2.09. The second kappa shape index (κ2) is 4.99. The maximum absolute atomic E-state index is 5.44. The molecule has 1 rings (SSSR count). The molecule has 0 radical (unpaired) electrons. The van der Waals surface area contributed by atoms with Crippen LogP contribution < -0.4 is 16.0 Å². The third-order valence-electron chi connectivity index (χ3n) is 1.63. The Bertz CT molecular complexity index is 278. The first-order valence-electron chi connectivity index (χ1n) is 4.09. The number of nitrogen functional groups attached to an aromatic ring is 1. The molecule has 0 bridgehead atoms. The molecule has 0 aromatic heterocycles. The Labute approximate surface area is 82.6 Å². The second-order valence-corrected chi connectivity index (χ2v) is 3.29. The van der Waals surface area contributed by atoms with Crippen LogP contribution in [0, 0.1) is 0 Å². The lowest BCUT2D eigenvalue weighted by atomic mass is 10.3. The smallest absolute Gasteiger partial charge is 0.132 e. The zero-order valence-electron chi connectivity index (χ0n) is 7.83. The van der Waals surface area contributed by atoms with Crippen LogP contribution in [0.15, 0.2) is 23.1 Å². The largest absolute Gasteiger partial charge is 0.493 e. The zero-order valence-corrected chi connectivity index (χ0v) is 8.65. The van der Waals surface area contributed by atoms with Gasteiger partial charge in [0.1, 0.15) is 5.75 Å². The van der Waals surface area contributed by atoms with Crippen molar-refractivity contribution in [3.05, 3.63) is 18.2 Å². The predicted octanol–water partition coefficient (Wildman–Crippen LogP) is 2.09. The molecule has 3 nitrogen and oxygen atoms in total. The highest BCUT2D eigenvalue weighted by atomic mass is 32.2. The molecule has 1 aromatic carbocycles. The fraction of sp³-hybridized carbons (Fsp3) is 0.333. The number of thioether (sulfide) groups is 1. The second-order valence-electron chi connectivity index (χ2n) is 2.44. The molecule has 0 amide bonds. The Hall–Kier alpha value is -0.870. The third kappa shape index (κ3) is 2.54. The van der Waals surface area contributed by atoms with Gasteiger partial charge in [-0.15, -0.1) is 11.8 Å². The van der Waals surface area contributed by atoms with Crippen molar-refractivity contribution in [1.29, 1.82) is 0 Å². The molecule has 1 aromatic rings. The van der Waals surface area contributed by atoms with E-state index < -0.39 is 0 Å². The van der Waals surface area contributed by atoms with E-state index in [1.54, 1.807) is 11.8 Å². The summed E-state index contributed by atoms with van der Waals surface area (Å²) in [6.45, 7) is 2.65. The van der Waals surface area contributed by atoms with Gasteiger partial charge in [0.2, 0.25) is 0 Å². The van der Waals surface area contributed by atoms with E-state index in [9.17, 15) is 0 Å². The van der Waals surface area contributed by atoms with Crippen LogP contribution in [0.25, 0.3) is 0 Å². The number of hydrogen-bond acceptors (Lipinski definition) is 4. The SMILES string of the molecule is CCOc1ccc(NN)cc1SC. The van der Waals surface area contributed by atoms with E-state index >= 15 is 0 Å². The van der Waals surface area contributed by atoms with E-state index in [2.05, 4.69) is 5.43 Å². The summed E-state index contributed by atoms with van der Waals surface area (Å²) in [7, 11) is 0. The van der Waals surface area contributed by atoms with Crippen molar-refractivity contribution in [2.24, 2.45) is 5.84 Å². The van der Waals surface area contributed by atoms with Crippen LogP contribution in [-0.2, 0) is 0 Å². The lowest BCUT2D eigenvalue weighted by Crippen LogP contribution is -2.06. The van der Waals surface area contributed by atoms with Crippen molar-refractivity contribution in [1.82, 2.24) is 0 Å². The molecule has 0 unspecified atom stereocenters. The molecule has 72 valence electrons. The molecule has 0 aliphatic carbocycles. The number of nitrogens with one attached hydrogen (secondary N) is 1. The van der Waals surface area contributed by atoms with Crippen molar-refractivity contribution in [2.45, 2.75) is 11.8 Å². The van der Waals surface area contributed by atoms with Crippen LogP contribution in [-0.4, -0.2) is 12.9 Å². The van der Waals surface area contributed by atoms with Crippen molar-refractivity contribution in [3.63, 3.8) is 0 Å². The number of benzene rings is 1. The Balaban J connectivity index is 2.93. The minimum absolute atomic E-state index is 0.683. The highest BCUT2D eigenvalue weighted by Crippen LogP contribution is 2.30. The highest BCUT2D eigenvalue weighted by Gasteiger charge is 2.02. The normalized spacial score (nSPS) is 9.77. The number of ether oxygens (including phenoxy) is 1. The van der Waals surface area contributed by atoms with Crippen LogP contribution in [0.1, 0.15) is 6.92 Å². The molecular weight excluding hydrogens is 184 g/mol. The zero-order chi connectivity index (χ0) is 9.68. The topological polar surface area (TPSA) is 47.3 Å². The van der Waals surface area contributed by atoms with Gasteiger partial charge in [-0.1, -0.05) is 0 Å². The quantitative estimate of drug-likeness (QED) is 0.442. The van der Waals surface area contributed by atoms with Crippen LogP contribution in [0.2, 0.25) is 0 Å². The van der Waals surface area contributed by atoms with E-state index in [4.69, 9.17) is 10.6 Å². The van der Waals surface area contributed by atoms with Crippen LogP contribution in [0.3, 0.4) is 0 Å². The summed E-state index contributed by atoms with van der Waals surface area (Å²) >= 11 is 1.64. The highest BCUT2D eigenvalue weighted by molar-refractivity contribution is 7.98. The Morgan fingerprint density at radius 2 is 2.31 bits per heavy atom. The van der Waals surface area contributed by atoms with Gasteiger partial charge in [0.15, 0.2) is 0 Å². The van der Waals surface area contributed by atoms with Gasteiger partial charge in [-0.2, -0.15) is 0 Å². The third-order valence-corrected chi connectivity index (χ3v) is 2.39.